The van der Waals surface area contributed by atoms with Crippen molar-refractivity contribution in [3.8, 4) is 0 Å². The van der Waals surface area contributed by atoms with Crippen molar-refractivity contribution >= 4 is 22.8 Å². The van der Waals surface area contributed by atoms with E-state index in [1.165, 1.54) is 6.07 Å². The molecule has 0 spiro atoms. The van der Waals surface area contributed by atoms with Crippen molar-refractivity contribution in [2.24, 2.45) is 0 Å². The standard InChI is InChI=1S/C14H18FN3S/c1-9(2)18-12-5-3-4-10(15)13(12)17-14(18)11-8-19-7-6-16-11/h3-5,9,11,16H,6-8H2,1-2H3. The molecule has 3 nitrogen and oxygen atoms in total. The summed E-state index contributed by atoms with van der Waals surface area (Å²) >= 11 is 1.92. The zero-order valence-corrected chi connectivity index (χ0v) is 12.0. The van der Waals surface area contributed by atoms with Crippen LogP contribution in [-0.4, -0.2) is 27.6 Å². The molecule has 0 bridgehead atoms. The van der Waals surface area contributed by atoms with Gasteiger partial charge in [-0.15, -0.1) is 0 Å². The summed E-state index contributed by atoms with van der Waals surface area (Å²) in [6, 6.07) is 5.67. The van der Waals surface area contributed by atoms with E-state index in [0.717, 1.165) is 29.4 Å². The molecule has 0 radical (unpaired) electrons. The van der Waals surface area contributed by atoms with Crippen molar-refractivity contribution in [2.75, 3.05) is 18.1 Å². The summed E-state index contributed by atoms with van der Waals surface area (Å²) in [4.78, 5) is 4.57. The molecular weight excluding hydrogens is 261 g/mol. The molecule has 5 heteroatoms. The van der Waals surface area contributed by atoms with Crippen molar-refractivity contribution in [1.82, 2.24) is 14.9 Å². The number of fused-ring (bicyclic) bond motifs is 1. The second-order valence-electron chi connectivity index (χ2n) is 5.12. The maximum absolute atomic E-state index is 13.9. The van der Waals surface area contributed by atoms with Crippen LogP contribution < -0.4 is 5.32 Å². The molecule has 1 atom stereocenters. The first-order chi connectivity index (χ1) is 9.18. The Hall–Kier alpha value is -1.07. The SMILES string of the molecule is CC(C)n1c(C2CSCCN2)nc2c(F)cccc21. The maximum atomic E-state index is 13.9. The van der Waals surface area contributed by atoms with Crippen LogP contribution in [0.4, 0.5) is 4.39 Å². The summed E-state index contributed by atoms with van der Waals surface area (Å²) in [6.45, 7) is 5.22. The first kappa shape index (κ1) is 12.9. The molecule has 1 aromatic carbocycles. The van der Waals surface area contributed by atoms with Crippen molar-refractivity contribution in [1.29, 1.82) is 0 Å². The molecule has 1 N–H and O–H groups in total. The van der Waals surface area contributed by atoms with Crippen LogP contribution in [0.3, 0.4) is 0 Å². The molecule has 1 saturated heterocycles. The van der Waals surface area contributed by atoms with Gasteiger partial charge in [-0.05, 0) is 26.0 Å². The fourth-order valence-electron chi connectivity index (χ4n) is 2.62. The summed E-state index contributed by atoms with van der Waals surface area (Å²) in [7, 11) is 0. The minimum absolute atomic E-state index is 0.216. The second kappa shape index (κ2) is 5.13. The number of benzene rings is 1. The number of nitrogens with zero attached hydrogens (tertiary/aromatic N) is 2. The topological polar surface area (TPSA) is 29.9 Å². The highest BCUT2D eigenvalue weighted by molar-refractivity contribution is 7.99. The average molecular weight is 279 g/mol. The molecule has 1 aliphatic rings. The van der Waals surface area contributed by atoms with Crippen LogP contribution in [0, 0.1) is 5.82 Å². The van der Waals surface area contributed by atoms with Gasteiger partial charge in [0.2, 0.25) is 0 Å². The van der Waals surface area contributed by atoms with E-state index in [2.05, 4.69) is 28.7 Å². The summed E-state index contributed by atoms with van der Waals surface area (Å²) in [5, 5.41) is 3.48. The van der Waals surface area contributed by atoms with Crippen molar-refractivity contribution < 1.29 is 4.39 Å². The lowest BCUT2D eigenvalue weighted by molar-refractivity contribution is 0.501. The fraction of sp³-hybridized carbons (Fsp3) is 0.500. The predicted molar refractivity (Wildman–Crippen MR) is 78.1 cm³/mol. The highest BCUT2D eigenvalue weighted by Crippen LogP contribution is 2.29. The number of aromatic nitrogens is 2. The van der Waals surface area contributed by atoms with E-state index in [1.54, 1.807) is 6.07 Å². The fourth-order valence-corrected chi connectivity index (χ4v) is 3.55. The van der Waals surface area contributed by atoms with Crippen molar-refractivity contribution in [3.05, 3.63) is 29.8 Å². The van der Waals surface area contributed by atoms with Crippen LogP contribution in [0.2, 0.25) is 0 Å². The van der Waals surface area contributed by atoms with Crippen LogP contribution in [0.1, 0.15) is 31.8 Å². The van der Waals surface area contributed by atoms with E-state index in [9.17, 15) is 4.39 Å². The van der Waals surface area contributed by atoms with Gasteiger partial charge in [0.05, 0.1) is 11.6 Å². The van der Waals surface area contributed by atoms with Gasteiger partial charge in [0.15, 0.2) is 5.82 Å². The third-order valence-electron chi connectivity index (χ3n) is 3.45. The summed E-state index contributed by atoms with van der Waals surface area (Å²) in [6.07, 6.45) is 0. The second-order valence-corrected chi connectivity index (χ2v) is 6.27. The van der Waals surface area contributed by atoms with Gasteiger partial charge >= 0.3 is 0 Å². The molecule has 1 fully saturated rings. The highest BCUT2D eigenvalue weighted by atomic mass is 32.2. The van der Waals surface area contributed by atoms with E-state index in [0.29, 0.717) is 5.52 Å². The zero-order chi connectivity index (χ0) is 13.4. The third-order valence-corrected chi connectivity index (χ3v) is 4.51. The molecule has 1 aromatic heterocycles. The van der Waals surface area contributed by atoms with Crippen LogP contribution in [0.5, 0.6) is 0 Å². The van der Waals surface area contributed by atoms with Gasteiger partial charge in [-0.1, -0.05) is 6.07 Å². The Kier molecular flexibility index (Phi) is 3.50. The van der Waals surface area contributed by atoms with E-state index in [1.807, 2.05) is 17.8 Å². The Morgan fingerprint density at radius 3 is 3.00 bits per heavy atom. The molecule has 0 saturated carbocycles. The quantitative estimate of drug-likeness (QED) is 0.916. The van der Waals surface area contributed by atoms with Crippen LogP contribution >= 0.6 is 11.8 Å². The molecule has 102 valence electrons. The number of thioether (sulfide) groups is 1. The Morgan fingerprint density at radius 2 is 2.32 bits per heavy atom. The maximum Gasteiger partial charge on any atom is 0.151 e. The van der Waals surface area contributed by atoms with Gasteiger partial charge in [0.25, 0.3) is 0 Å². The van der Waals surface area contributed by atoms with Crippen LogP contribution in [0.15, 0.2) is 18.2 Å². The van der Waals surface area contributed by atoms with Gasteiger partial charge in [0, 0.05) is 24.1 Å². The Balaban J connectivity index is 2.17. The molecule has 19 heavy (non-hydrogen) atoms. The number of halogens is 1. The van der Waals surface area contributed by atoms with E-state index in [4.69, 9.17) is 0 Å². The first-order valence-corrected chi connectivity index (χ1v) is 7.81. The van der Waals surface area contributed by atoms with E-state index in [-0.39, 0.29) is 17.9 Å². The van der Waals surface area contributed by atoms with Crippen LogP contribution in [-0.2, 0) is 0 Å². The minimum atomic E-state index is -0.235. The molecular formula is C14H18FN3S. The minimum Gasteiger partial charge on any atom is -0.324 e. The number of imidazole rings is 1. The Bertz CT molecular complexity index is 588. The van der Waals surface area contributed by atoms with E-state index < -0.39 is 0 Å². The number of hydrogen-bond acceptors (Lipinski definition) is 3. The number of hydrogen-bond donors (Lipinski definition) is 1. The van der Waals surface area contributed by atoms with Gasteiger partial charge < -0.3 is 9.88 Å². The molecule has 0 amide bonds. The molecule has 1 aliphatic heterocycles. The smallest absolute Gasteiger partial charge is 0.151 e. The van der Waals surface area contributed by atoms with Gasteiger partial charge in [-0.3, -0.25) is 0 Å². The lowest BCUT2D eigenvalue weighted by Crippen LogP contribution is -2.32. The largest absolute Gasteiger partial charge is 0.324 e. The Morgan fingerprint density at radius 1 is 1.47 bits per heavy atom. The van der Waals surface area contributed by atoms with Crippen LogP contribution in [0.25, 0.3) is 11.0 Å². The number of rotatable bonds is 2. The van der Waals surface area contributed by atoms with Crippen molar-refractivity contribution in [2.45, 2.75) is 25.9 Å². The molecule has 2 heterocycles. The Labute approximate surface area is 116 Å². The predicted octanol–water partition coefficient (Wildman–Crippen LogP) is 3.13. The average Bonchev–Trinajstić information content (AvgIpc) is 2.81. The summed E-state index contributed by atoms with van der Waals surface area (Å²) in [5.41, 5.74) is 1.38. The van der Waals surface area contributed by atoms with Gasteiger partial charge in [-0.2, -0.15) is 11.8 Å². The monoisotopic (exact) mass is 279 g/mol. The lowest BCUT2D eigenvalue weighted by atomic mass is 10.2. The van der Waals surface area contributed by atoms with Crippen molar-refractivity contribution in [3.63, 3.8) is 0 Å². The molecule has 0 aliphatic carbocycles. The molecule has 3 rings (SSSR count). The number of para-hydroxylation sites is 1. The normalized spacial score (nSPS) is 20.3. The zero-order valence-electron chi connectivity index (χ0n) is 11.2. The lowest BCUT2D eigenvalue weighted by Gasteiger charge is -2.25. The highest BCUT2D eigenvalue weighted by Gasteiger charge is 2.24. The first-order valence-electron chi connectivity index (χ1n) is 6.66. The van der Waals surface area contributed by atoms with Gasteiger partial charge in [0.1, 0.15) is 11.3 Å². The number of nitrogens with one attached hydrogen (secondary N) is 1. The van der Waals surface area contributed by atoms with E-state index >= 15 is 0 Å². The molecule has 2 aromatic rings. The molecule has 1 unspecified atom stereocenters. The summed E-state index contributed by atoms with van der Waals surface area (Å²) in [5.74, 6) is 2.86. The van der Waals surface area contributed by atoms with Gasteiger partial charge in [-0.25, -0.2) is 9.37 Å². The summed E-state index contributed by atoms with van der Waals surface area (Å²) < 4.78 is 16.1. The third kappa shape index (κ3) is 2.25.